The van der Waals surface area contributed by atoms with E-state index < -0.39 is 5.97 Å². The van der Waals surface area contributed by atoms with E-state index in [4.69, 9.17) is 13.9 Å². The number of rotatable bonds is 3. The minimum Gasteiger partial charge on any atom is -0.465 e. The maximum atomic E-state index is 11.5. The van der Waals surface area contributed by atoms with Crippen molar-refractivity contribution in [1.29, 1.82) is 0 Å². The van der Waals surface area contributed by atoms with Crippen molar-refractivity contribution >= 4 is 18.1 Å². The molecule has 0 fully saturated rings. The van der Waals surface area contributed by atoms with Gasteiger partial charge in [-0.15, -0.1) is 0 Å². The highest BCUT2D eigenvalue weighted by Gasteiger charge is 2.14. The third kappa shape index (κ3) is 2.25. The Kier molecular flexibility index (Phi) is 3.16. The van der Waals surface area contributed by atoms with Crippen molar-refractivity contribution in [1.82, 2.24) is 0 Å². The van der Waals surface area contributed by atoms with Gasteiger partial charge < -0.3 is 18.6 Å². The van der Waals surface area contributed by atoms with E-state index >= 15 is 0 Å². The zero-order chi connectivity index (χ0) is 13.9. The lowest BCUT2D eigenvalue weighted by molar-refractivity contribution is 0.0599. The van der Waals surface area contributed by atoms with Crippen molar-refractivity contribution in [2.75, 3.05) is 13.9 Å². The molecule has 102 valence electrons. The van der Waals surface area contributed by atoms with Crippen molar-refractivity contribution in [3.8, 4) is 11.5 Å². The van der Waals surface area contributed by atoms with E-state index in [1.54, 1.807) is 12.1 Å². The Bertz CT molecular complexity index is 669. The fourth-order valence-electron chi connectivity index (χ4n) is 1.92. The first kappa shape index (κ1) is 12.3. The van der Waals surface area contributed by atoms with Crippen LogP contribution in [0.4, 0.5) is 0 Å². The van der Waals surface area contributed by atoms with Crippen molar-refractivity contribution in [2.24, 2.45) is 0 Å². The third-order valence-corrected chi connectivity index (χ3v) is 2.92. The average Bonchev–Trinajstić information content (AvgIpc) is 3.12. The molecule has 2 aromatic rings. The smallest absolute Gasteiger partial charge is 0.341 e. The fourth-order valence-corrected chi connectivity index (χ4v) is 1.92. The van der Waals surface area contributed by atoms with Gasteiger partial charge in [0, 0.05) is 0 Å². The van der Waals surface area contributed by atoms with Gasteiger partial charge in [-0.05, 0) is 29.8 Å². The highest BCUT2D eigenvalue weighted by Crippen LogP contribution is 2.33. The normalized spacial score (nSPS) is 12.8. The minimum absolute atomic E-state index is 0.243. The van der Waals surface area contributed by atoms with Gasteiger partial charge in [0.2, 0.25) is 6.79 Å². The van der Waals surface area contributed by atoms with Crippen LogP contribution in [0.15, 0.2) is 34.9 Å². The van der Waals surface area contributed by atoms with E-state index in [1.165, 1.54) is 13.4 Å². The van der Waals surface area contributed by atoms with Crippen LogP contribution in [0.2, 0.25) is 0 Å². The molecular weight excluding hydrogens is 260 g/mol. The number of carbonyl (C=O) groups is 1. The molecule has 0 N–H and O–H groups in total. The zero-order valence-corrected chi connectivity index (χ0v) is 10.8. The molecule has 0 bridgehead atoms. The molecule has 1 aromatic carbocycles. The SMILES string of the molecule is COC(=O)c1ccoc1C=Cc1ccc2c(c1)OCO2. The van der Waals surface area contributed by atoms with Crippen LogP contribution in [0.3, 0.4) is 0 Å². The average molecular weight is 272 g/mol. The molecule has 3 rings (SSSR count). The quantitative estimate of drug-likeness (QED) is 0.804. The van der Waals surface area contributed by atoms with Crippen LogP contribution in [0.1, 0.15) is 21.7 Å². The lowest BCUT2D eigenvalue weighted by Gasteiger charge is -1.98. The van der Waals surface area contributed by atoms with Crippen LogP contribution in [-0.4, -0.2) is 19.9 Å². The number of methoxy groups -OCH3 is 1. The van der Waals surface area contributed by atoms with Gasteiger partial charge >= 0.3 is 5.97 Å². The van der Waals surface area contributed by atoms with Gasteiger partial charge in [0.05, 0.1) is 13.4 Å². The van der Waals surface area contributed by atoms with Crippen LogP contribution in [0.5, 0.6) is 11.5 Å². The predicted molar refractivity (Wildman–Crippen MR) is 71.5 cm³/mol. The van der Waals surface area contributed by atoms with Gasteiger partial charge in [-0.1, -0.05) is 12.1 Å². The Hall–Kier alpha value is -2.69. The summed E-state index contributed by atoms with van der Waals surface area (Å²) in [4.78, 5) is 11.5. The van der Waals surface area contributed by atoms with Gasteiger partial charge in [-0.3, -0.25) is 0 Å². The number of benzene rings is 1. The zero-order valence-electron chi connectivity index (χ0n) is 10.8. The summed E-state index contributed by atoms with van der Waals surface area (Å²) >= 11 is 0. The van der Waals surface area contributed by atoms with E-state index in [9.17, 15) is 4.79 Å². The maximum absolute atomic E-state index is 11.5. The Balaban J connectivity index is 1.84. The molecular formula is C15H12O5. The molecule has 5 heteroatoms. The maximum Gasteiger partial charge on any atom is 0.341 e. The first-order valence-electron chi connectivity index (χ1n) is 6.01. The molecule has 1 aliphatic rings. The lowest BCUT2D eigenvalue weighted by Crippen LogP contribution is -2.00. The van der Waals surface area contributed by atoms with Gasteiger partial charge in [-0.2, -0.15) is 0 Å². The van der Waals surface area contributed by atoms with Crippen LogP contribution >= 0.6 is 0 Å². The van der Waals surface area contributed by atoms with Crippen molar-refractivity contribution in [3.05, 3.63) is 47.4 Å². The lowest BCUT2D eigenvalue weighted by atomic mass is 10.1. The molecule has 1 aliphatic heterocycles. The summed E-state index contributed by atoms with van der Waals surface area (Å²) in [6.45, 7) is 0.243. The van der Waals surface area contributed by atoms with E-state index in [0.29, 0.717) is 17.1 Å². The highest BCUT2D eigenvalue weighted by molar-refractivity contribution is 5.93. The molecule has 5 nitrogen and oxygen atoms in total. The Morgan fingerprint density at radius 3 is 2.90 bits per heavy atom. The Morgan fingerprint density at radius 2 is 2.05 bits per heavy atom. The van der Waals surface area contributed by atoms with Crippen molar-refractivity contribution in [2.45, 2.75) is 0 Å². The van der Waals surface area contributed by atoms with Crippen LogP contribution in [0, 0.1) is 0 Å². The first-order chi connectivity index (χ1) is 9.78. The number of hydrogen-bond donors (Lipinski definition) is 0. The molecule has 1 aromatic heterocycles. The second-order valence-electron chi connectivity index (χ2n) is 4.14. The van der Waals surface area contributed by atoms with E-state index in [-0.39, 0.29) is 6.79 Å². The second-order valence-corrected chi connectivity index (χ2v) is 4.14. The molecule has 0 saturated heterocycles. The highest BCUT2D eigenvalue weighted by atomic mass is 16.7. The summed E-state index contributed by atoms with van der Waals surface area (Å²) in [6, 6.07) is 7.17. The molecule has 20 heavy (non-hydrogen) atoms. The van der Waals surface area contributed by atoms with Gasteiger partial charge in [0.1, 0.15) is 11.3 Å². The first-order valence-corrected chi connectivity index (χ1v) is 6.01. The summed E-state index contributed by atoms with van der Waals surface area (Å²) in [5, 5.41) is 0. The summed E-state index contributed by atoms with van der Waals surface area (Å²) in [7, 11) is 1.33. The van der Waals surface area contributed by atoms with Gasteiger partial charge in [-0.25, -0.2) is 4.79 Å². The topological polar surface area (TPSA) is 57.9 Å². The number of esters is 1. The van der Waals surface area contributed by atoms with E-state index in [1.807, 2.05) is 24.3 Å². The number of carbonyl (C=O) groups excluding carboxylic acids is 1. The standard InChI is InChI=1S/C15H12O5/c1-17-15(16)11-6-7-18-12(11)4-2-10-3-5-13-14(8-10)20-9-19-13/h2-8H,9H2,1H3. The largest absolute Gasteiger partial charge is 0.465 e. The Morgan fingerprint density at radius 1 is 1.20 bits per heavy atom. The molecule has 0 spiro atoms. The minimum atomic E-state index is -0.427. The molecule has 2 heterocycles. The number of ether oxygens (including phenoxy) is 3. The number of fused-ring (bicyclic) bond motifs is 1. The second kappa shape index (κ2) is 5.13. The summed E-state index contributed by atoms with van der Waals surface area (Å²) in [6.07, 6.45) is 4.99. The number of hydrogen-bond acceptors (Lipinski definition) is 5. The van der Waals surface area contributed by atoms with Crippen LogP contribution in [0.25, 0.3) is 12.2 Å². The molecule has 0 saturated carbocycles. The summed E-state index contributed by atoms with van der Waals surface area (Å²) < 4.78 is 20.5. The summed E-state index contributed by atoms with van der Waals surface area (Å²) in [5.41, 5.74) is 1.31. The third-order valence-electron chi connectivity index (χ3n) is 2.92. The van der Waals surface area contributed by atoms with Crippen LogP contribution in [-0.2, 0) is 4.74 Å². The predicted octanol–water partition coefficient (Wildman–Crippen LogP) is 2.97. The fraction of sp³-hybridized carbons (Fsp3) is 0.133. The monoisotopic (exact) mass is 272 g/mol. The van der Waals surface area contributed by atoms with Gasteiger partial charge in [0.15, 0.2) is 11.5 Å². The van der Waals surface area contributed by atoms with E-state index in [2.05, 4.69) is 4.74 Å². The molecule has 0 amide bonds. The molecule has 0 radical (unpaired) electrons. The number of furan rings is 1. The van der Waals surface area contributed by atoms with Crippen LogP contribution < -0.4 is 9.47 Å². The molecule has 0 atom stereocenters. The molecule has 0 aliphatic carbocycles. The van der Waals surface area contributed by atoms with Crippen molar-refractivity contribution in [3.63, 3.8) is 0 Å². The Labute approximate surface area is 115 Å². The van der Waals surface area contributed by atoms with Crippen molar-refractivity contribution < 1.29 is 23.4 Å². The van der Waals surface area contributed by atoms with E-state index in [0.717, 1.165) is 11.3 Å². The summed E-state index contributed by atoms with van der Waals surface area (Å²) in [5.74, 6) is 1.47. The van der Waals surface area contributed by atoms with Gasteiger partial charge in [0.25, 0.3) is 0 Å². The molecule has 0 unspecified atom stereocenters.